The zero-order chi connectivity index (χ0) is 17.5. The summed E-state index contributed by atoms with van der Waals surface area (Å²) in [6.45, 7) is 7.44. The fourth-order valence-electron chi connectivity index (χ4n) is 2.23. The maximum absolute atomic E-state index is 5.79. The van der Waals surface area contributed by atoms with Crippen LogP contribution in [0.1, 0.15) is 23.6 Å². The normalized spacial score (nSPS) is 10.3. The van der Waals surface area contributed by atoms with Crippen LogP contribution in [0.4, 0.5) is 0 Å². The third-order valence-electron chi connectivity index (χ3n) is 3.68. The highest BCUT2D eigenvalue weighted by Crippen LogP contribution is 2.28. The fraction of sp³-hybridized carbons (Fsp3) is 0.316. The molecule has 0 aliphatic heterocycles. The molecule has 5 heteroatoms. The van der Waals surface area contributed by atoms with Gasteiger partial charge >= 0.3 is 0 Å². The van der Waals surface area contributed by atoms with Crippen LogP contribution in [-0.4, -0.2) is 24.8 Å². The third-order valence-corrected chi connectivity index (χ3v) is 3.92. The number of hydrogen-bond donors (Lipinski definition) is 1. The van der Waals surface area contributed by atoms with E-state index < -0.39 is 0 Å². The molecule has 2 aromatic carbocycles. The van der Waals surface area contributed by atoms with Crippen LogP contribution in [0.3, 0.4) is 0 Å². The number of aryl methyl sites for hydroxylation is 1. The number of hydrogen-bond acceptors (Lipinski definition) is 4. The highest BCUT2D eigenvalue weighted by Gasteiger charge is 2.08. The summed E-state index contributed by atoms with van der Waals surface area (Å²) in [7, 11) is 0. The Balaban J connectivity index is 1.96. The van der Waals surface area contributed by atoms with Gasteiger partial charge in [0, 0.05) is 5.56 Å². The maximum atomic E-state index is 5.79. The van der Waals surface area contributed by atoms with E-state index in [9.17, 15) is 0 Å². The summed E-state index contributed by atoms with van der Waals surface area (Å²) >= 11 is 4.99. The van der Waals surface area contributed by atoms with E-state index in [1.807, 2.05) is 38.1 Å². The predicted octanol–water partition coefficient (Wildman–Crippen LogP) is 3.79. The Kier molecular flexibility index (Phi) is 6.44. The van der Waals surface area contributed by atoms with E-state index in [0.717, 1.165) is 16.9 Å². The lowest BCUT2D eigenvalue weighted by atomic mass is 10.1. The summed E-state index contributed by atoms with van der Waals surface area (Å²) in [4.78, 5) is 0.334. The number of nitrogens with two attached hydrogens (primary N) is 1. The van der Waals surface area contributed by atoms with Crippen LogP contribution >= 0.6 is 12.2 Å². The van der Waals surface area contributed by atoms with E-state index in [1.165, 1.54) is 5.56 Å². The van der Waals surface area contributed by atoms with Crippen molar-refractivity contribution in [1.82, 2.24) is 0 Å². The summed E-state index contributed by atoms with van der Waals surface area (Å²) in [6, 6.07) is 11.5. The Bertz CT molecular complexity index is 716. The number of thiocarbonyl (C=S) groups is 1. The van der Waals surface area contributed by atoms with Crippen molar-refractivity contribution in [1.29, 1.82) is 0 Å². The molecule has 0 spiro atoms. The molecule has 0 bridgehead atoms. The van der Waals surface area contributed by atoms with Gasteiger partial charge in [0.15, 0.2) is 11.5 Å². The van der Waals surface area contributed by atoms with Gasteiger partial charge in [-0.25, -0.2) is 0 Å². The molecule has 24 heavy (non-hydrogen) atoms. The minimum atomic E-state index is 0.334. The average Bonchev–Trinajstić information content (AvgIpc) is 2.56. The maximum Gasteiger partial charge on any atom is 0.161 e. The molecule has 0 aliphatic carbocycles. The first-order valence-corrected chi connectivity index (χ1v) is 8.32. The van der Waals surface area contributed by atoms with Gasteiger partial charge < -0.3 is 19.9 Å². The second-order valence-corrected chi connectivity index (χ2v) is 5.79. The van der Waals surface area contributed by atoms with E-state index in [4.69, 9.17) is 32.2 Å². The molecule has 0 unspecified atom stereocenters. The molecule has 4 nitrogen and oxygen atoms in total. The Labute approximate surface area is 148 Å². The molecule has 0 radical (unpaired) electrons. The van der Waals surface area contributed by atoms with Crippen molar-refractivity contribution < 1.29 is 14.2 Å². The Morgan fingerprint density at radius 2 is 1.67 bits per heavy atom. The second-order valence-electron chi connectivity index (χ2n) is 5.35. The number of ether oxygens (including phenoxy) is 3. The van der Waals surface area contributed by atoms with Crippen molar-refractivity contribution in [2.75, 3.05) is 19.8 Å². The molecule has 0 saturated heterocycles. The largest absolute Gasteiger partial charge is 0.490 e. The lowest BCUT2D eigenvalue weighted by Crippen LogP contribution is -2.12. The first-order chi connectivity index (χ1) is 11.5. The van der Waals surface area contributed by atoms with Crippen LogP contribution in [0.15, 0.2) is 36.4 Å². The van der Waals surface area contributed by atoms with E-state index in [2.05, 4.69) is 13.0 Å². The van der Waals surface area contributed by atoms with Gasteiger partial charge in [-0.2, -0.15) is 0 Å². The summed E-state index contributed by atoms with van der Waals surface area (Å²) in [6.07, 6.45) is 0. The molecule has 2 N–H and O–H groups in total. The van der Waals surface area contributed by atoms with Gasteiger partial charge in [-0.05, 0) is 56.2 Å². The van der Waals surface area contributed by atoms with E-state index in [1.54, 1.807) is 6.07 Å². The zero-order valence-corrected chi connectivity index (χ0v) is 15.1. The molecule has 2 aromatic rings. The average molecular weight is 345 g/mol. The standard InChI is InChI=1S/C19H23NO3S/c1-4-21-18-12-15(19(20)24)8-9-17(18)23-11-10-22-16-7-5-6-13(2)14(16)3/h5-9,12H,4,10-11H2,1-3H3,(H2,20,24). The lowest BCUT2D eigenvalue weighted by Gasteiger charge is -2.14. The van der Waals surface area contributed by atoms with E-state index in [-0.39, 0.29) is 0 Å². The fourth-order valence-corrected chi connectivity index (χ4v) is 2.36. The van der Waals surface area contributed by atoms with Crippen molar-refractivity contribution >= 4 is 17.2 Å². The Morgan fingerprint density at radius 1 is 0.958 bits per heavy atom. The van der Waals surface area contributed by atoms with Crippen LogP contribution in [0, 0.1) is 13.8 Å². The molecule has 0 heterocycles. The smallest absolute Gasteiger partial charge is 0.161 e. The van der Waals surface area contributed by atoms with Crippen molar-refractivity contribution in [3.05, 3.63) is 53.1 Å². The molecule has 0 aromatic heterocycles. The molecule has 0 amide bonds. The molecule has 0 atom stereocenters. The second kappa shape index (κ2) is 8.55. The predicted molar refractivity (Wildman–Crippen MR) is 100 cm³/mol. The zero-order valence-electron chi connectivity index (χ0n) is 14.3. The first-order valence-electron chi connectivity index (χ1n) is 7.91. The Hall–Kier alpha value is -2.27. The number of benzene rings is 2. The molecular formula is C19H23NO3S. The minimum absolute atomic E-state index is 0.334. The molecule has 0 fully saturated rings. The summed E-state index contributed by atoms with van der Waals surface area (Å²) in [5, 5.41) is 0. The number of rotatable bonds is 8. The quantitative estimate of drug-likeness (QED) is 0.583. The summed E-state index contributed by atoms with van der Waals surface area (Å²) in [5.74, 6) is 2.17. The van der Waals surface area contributed by atoms with Gasteiger partial charge in [0.1, 0.15) is 24.0 Å². The van der Waals surface area contributed by atoms with Crippen LogP contribution in [0.25, 0.3) is 0 Å². The van der Waals surface area contributed by atoms with Gasteiger partial charge in [0.05, 0.1) is 6.61 Å². The third kappa shape index (κ3) is 4.61. The van der Waals surface area contributed by atoms with Crippen molar-refractivity contribution in [2.24, 2.45) is 5.73 Å². The van der Waals surface area contributed by atoms with Crippen molar-refractivity contribution in [2.45, 2.75) is 20.8 Å². The van der Waals surface area contributed by atoms with Gasteiger partial charge in [-0.1, -0.05) is 24.4 Å². The van der Waals surface area contributed by atoms with Gasteiger partial charge in [-0.3, -0.25) is 0 Å². The Morgan fingerprint density at radius 3 is 2.33 bits per heavy atom. The van der Waals surface area contributed by atoms with Crippen LogP contribution < -0.4 is 19.9 Å². The topological polar surface area (TPSA) is 53.7 Å². The van der Waals surface area contributed by atoms with E-state index >= 15 is 0 Å². The van der Waals surface area contributed by atoms with Crippen LogP contribution in [0.2, 0.25) is 0 Å². The van der Waals surface area contributed by atoms with Crippen molar-refractivity contribution in [3.63, 3.8) is 0 Å². The van der Waals surface area contributed by atoms with E-state index in [0.29, 0.717) is 36.3 Å². The van der Waals surface area contributed by atoms with Crippen LogP contribution in [-0.2, 0) is 0 Å². The molecular weight excluding hydrogens is 322 g/mol. The highest BCUT2D eigenvalue weighted by molar-refractivity contribution is 7.80. The first kappa shape index (κ1) is 18.1. The lowest BCUT2D eigenvalue weighted by molar-refractivity contribution is 0.207. The minimum Gasteiger partial charge on any atom is -0.490 e. The molecule has 2 rings (SSSR count). The summed E-state index contributed by atoms with van der Waals surface area (Å²) < 4.78 is 17.2. The SMILES string of the molecule is CCOc1cc(C(N)=S)ccc1OCCOc1cccc(C)c1C. The van der Waals surface area contributed by atoms with Gasteiger partial charge in [-0.15, -0.1) is 0 Å². The van der Waals surface area contributed by atoms with Gasteiger partial charge in [0.2, 0.25) is 0 Å². The molecule has 0 aliphatic rings. The highest BCUT2D eigenvalue weighted by atomic mass is 32.1. The van der Waals surface area contributed by atoms with Gasteiger partial charge in [0.25, 0.3) is 0 Å². The molecule has 128 valence electrons. The van der Waals surface area contributed by atoms with Crippen LogP contribution in [0.5, 0.6) is 17.2 Å². The monoisotopic (exact) mass is 345 g/mol. The summed E-state index contributed by atoms with van der Waals surface area (Å²) in [5.41, 5.74) is 8.77. The molecule has 0 saturated carbocycles. The van der Waals surface area contributed by atoms with Crippen molar-refractivity contribution in [3.8, 4) is 17.2 Å².